The van der Waals surface area contributed by atoms with Gasteiger partial charge in [0, 0.05) is 6.54 Å². The average molecular weight is 266 g/mol. The highest BCUT2D eigenvalue weighted by atomic mass is 16.2. The second-order valence-corrected chi connectivity index (χ2v) is 7.18. The van der Waals surface area contributed by atoms with E-state index in [4.69, 9.17) is 0 Å². The molecule has 1 heterocycles. The molecule has 2 aliphatic rings. The molecule has 3 nitrogen and oxygen atoms in total. The summed E-state index contributed by atoms with van der Waals surface area (Å²) in [5.41, 5.74) is 0. The zero-order valence-electron chi connectivity index (χ0n) is 13.0. The van der Waals surface area contributed by atoms with Crippen molar-refractivity contribution in [3.63, 3.8) is 0 Å². The Balaban J connectivity index is 2.02. The topological polar surface area (TPSA) is 32.3 Å². The number of carbonyl (C=O) groups is 1. The molecule has 2 atom stereocenters. The van der Waals surface area contributed by atoms with Crippen molar-refractivity contribution >= 4 is 5.91 Å². The van der Waals surface area contributed by atoms with Crippen LogP contribution < -0.4 is 5.32 Å². The van der Waals surface area contributed by atoms with E-state index in [1.807, 2.05) is 0 Å². The Hall–Kier alpha value is -0.570. The summed E-state index contributed by atoms with van der Waals surface area (Å²) in [5.74, 6) is 2.15. The lowest BCUT2D eigenvalue weighted by molar-refractivity contribution is -0.131. The summed E-state index contributed by atoms with van der Waals surface area (Å²) in [4.78, 5) is 14.8. The Morgan fingerprint density at radius 3 is 2.37 bits per heavy atom. The van der Waals surface area contributed by atoms with E-state index in [9.17, 15) is 4.79 Å². The molecule has 1 aliphatic carbocycles. The number of hydrogen-bond donors (Lipinski definition) is 1. The molecule has 2 rings (SSSR count). The van der Waals surface area contributed by atoms with Crippen LogP contribution in [0.5, 0.6) is 0 Å². The maximum atomic E-state index is 12.6. The van der Waals surface area contributed by atoms with E-state index in [2.05, 4.69) is 37.9 Å². The van der Waals surface area contributed by atoms with Gasteiger partial charge >= 0.3 is 0 Å². The second kappa shape index (κ2) is 6.25. The van der Waals surface area contributed by atoms with Crippen LogP contribution in [0, 0.1) is 17.8 Å². The van der Waals surface area contributed by atoms with E-state index in [-0.39, 0.29) is 12.2 Å². The Labute approximate surface area is 118 Å². The van der Waals surface area contributed by atoms with E-state index in [1.54, 1.807) is 0 Å². The molecular formula is C16H30N2O. The molecule has 0 aromatic heterocycles. The van der Waals surface area contributed by atoms with E-state index < -0.39 is 0 Å². The van der Waals surface area contributed by atoms with E-state index >= 15 is 0 Å². The Kier molecular flexibility index (Phi) is 4.88. The summed E-state index contributed by atoms with van der Waals surface area (Å²) < 4.78 is 0. The highest BCUT2D eigenvalue weighted by Crippen LogP contribution is 2.29. The molecule has 1 aliphatic heterocycles. The Bertz CT molecular complexity index is 308. The van der Waals surface area contributed by atoms with Gasteiger partial charge in [-0.15, -0.1) is 0 Å². The Morgan fingerprint density at radius 1 is 1.21 bits per heavy atom. The van der Waals surface area contributed by atoms with Crippen molar-refractivity contribution in [1.82, 2.24) is 10.2 Å². The zero-order valence-corrected chi connectivity index (χ0v) is 13.0. The van der Waals surface area contributed by atoms with Crippen LogP contribution in [-0.2, 0) is 4.79 Å². The number of rotatable bonds is 5. The van der Waals surface area contributed by atoms with Crippen molar-refractivity contribution in [2.75, 3.05) is 6.54 Å². The van der Waals surface area contributed by atoms with Crippen LogP contribution >= 0.6 is 0 Å². The smallest absolute Gasteiger partial charge is 0.241 e. The molecule has 0 aromatic carbocycles. The van der Waals surface area contributed by atoms with Crippen molar-refractivity contribution in [3.8, 4) is 0 Å². The molecule has 1 amide bonds. The highest BCUT2D eigenvalue weighted by molar-refractivity contribution is 5.84. The summed E-state index contributed by atoms with van der Waals surface area (Å²) in [6.45, 7) is 9.79. The summed E-state index contributed by atoms with van der Waals surface area (Å²) in [5, 5.41) is 3.57. The summed E-state index contributed by atoms with van der Waals surface area (Å²) in [6, 6.07) is 0.0498. The number of nitrogens with one attached hydrogen (secondary N) is 1. The lowest BCUT2D eigenvalue weighted by atomic mass is 10.0. The maximum absolute atomic E-state index is 12.6. The molecular weight excluding hydrogens is 236 g/mol. The van der Waals surface area contributed by atoms with Crippen molar-refractivity contribution in [3.05, 3.63) is 0 Å². The Morgan fingerprint density at radius 2 is 1.84 bits per heavy atom. The van der Waals surface area contributed by atoms with Crippen LogP contribution in [-0.4, -0.2) is 29.6 Å². The first-order valence-electron chi connectivity index (χ1n) is 8.05. The van der Waals surface area contributed by atoms with Crippen LogP contribution in [0.25, 0.3) is 0 Å². The van der Waals surface area contributed by atoms with Gasteiger partial charge in [0.15, 0.2) is 0 Å². The van der Waals surface area contributed by atoms with Crippen LogP contribution in [0.3, 0.4) is 0 Å². The lowest BCUT2D eigenvalue weighted by Crippen LogP contribution is -2.43. The van der Waals surface area contributed by atoms with E-state index in [0.717, 1.165) is 18.9 Å². The molecule has 1 saturated carbocycles. The number of nitrogens with zero attached hydrogens (tertiary/aromatic N) is 1. The second-order valence-electron chi connectivity index (χ2n) is 7.18. The third-order valence-corrected chi connectivity index (χ3v) is 4.56. The van der Waals surface area contributed by atoms with Crippen LogP contribution in [0.2, 0.25) is 0 Å². The standard InChI is InChI=1S/C16H30N2O/c1-11(2)9-14-16(19)18(15(17-14)12(3)4)10-13-7-5-6-8-13/h11-15,17H,5-10H2,1-4H3. The van der Waals surface area contributed by atoms with Gasteiger partial charge in [-0.05, 0) is 37.0 Å². The predicted octanol–water partition coefficient (Wildman–Crippen LogP) is 3.01. The fraction of sp³-hybridized carbons (Fsp3) is 0.938. The minimum absolute atomic E-state index is 0.0498. The molecule has 0 spiro atoms. The van der Waals surface area contributed by atoms with Gasteiger partial charge in [-0.3, -0.25) is 10.1 Å². The highest BCUT2D eigenvalue weighted by Gasteiger charge is 2.41. The minimum Gasteiger partial charge on any atom is -0.325 e. The van der Waals surface area contributed by atoms with Gasteiger partial charge < -0.3 is 4.90 Å². The first-order valence-corrected chi connectivity index (χ1v) is 8.05. The van der Waals surface area contributed by atoms with Gasteiger partial charge in [0.25, 0.3) is 0 Å². The van der Waals surface area contributed by atoms with Gasteiger partial charge in [0.1, 0.15) is 0 Å². The van der Waals surface area contributed by atoms with E-state index in [0.29, 0.717) is 17.7 Å². The molecule has 1 saturated heterocycles. The van der Waals surface area contributed by atoms with Gasteiger partial charge in [-0.2, -0.15) is 0 Å². The molecule has 19 heavy (non-hydrogen) atoms. The average Bonchev–Trinajstić information content (AvgIpc) is 2.91. The fourth-order valence-corrected chi connectivity index (χ4v) is 3.57. The van der Waals surface area contributed by atoms with Gasteiger partial charge in [-0.1, -0.05) is 40.5 Å². The third kappa shape index (κ3) is 3.50. The predicted molar refractivity (Wildman–Crippen MR) is 78.7 cm³/mol. The zero-order chi connectivity index (χ0) is 14.0. The fourth-order valence-electron chi connectivity index (χ4n) is 3.57. The SMILES string of the molecule is CC(C)CC1NC(C(C)C)N(CC2CCCC2)C1=O. The lowest BCUT2D eigenvalue weighted by Gasteiger charge is -2.29. The molecule has 0 bridgehead atoms. The monoisotopic (exact) mass is 266 g/mol. The van der Waals surface area contributed by atoms with Crippen LogP contribution in [0.15, 0.2) is 0 Å². The molecule has 2 unspecified atom stereocenters. The maximum Gasteiger partial charge on any atom is 0.241 e. The minimum atomic E-state index is 0.0498. The first kappa shape index (κ1) is 14.8. The normalized spacial score (nSPS) is 29.2. The van der Waals surface area contributed by atoms with Gasteiger partial charge in [0.05, 0.1) is 12.2 Å². The van der Waals surface area contributed by atoms with Crippen molar-refractivity contribution in [2.24, 2.45) is 17.8 Å². The van der Waals surface area contributed by atoms with Crippen LogP contribution in [0.1, 0.15) is 59.8 Å². The summed E-state index contributed by atoms with van der Waals surface area (Å²) in [7, 11) is 0. The first-order chi connectivity index (χ1) is 8.99. The quantitative estimate of drug-likeness (QED) is 0.829. The number of amides is 1. The largest absolute Gasteiger partial charge is 0.325 e. The summed E-state index contributed by atoms with van der Waals surface area (Å²) in [6.07, 6.45) is 6.52. The van der Waals surface area contributed by atoms with Crippen molar-refractivity contribution in [1.29, 1.82) is 0 Å². The molecule has 110 valence electrons. The molecule has 1 N–H and O–H groups in total. The van der Waals surface area contributed by atoms with Crippen molar-refractivity contribution in [2.45, 2.75) is 72.0 Å². The third-order valence-electron chi connectivity index (χ3n) is 4.56. The van der Waals surface area contributed by atoms with Gasteiger partial charge in [0.2, 0.25) is 5.91 Å². The molecule has 0 radical (unpaired) electrons. The van der Waals surface area contributed by atoms with Crippen molar-refractivity contribution < 1.29 is 4.79 Å². The number of hydrogen-bond acceptors (Lipinski definition) is 2. The van der Waals surface area contributed by atoms with Crippen LogP contribution in [0.4, 0.5) is 0 Å². The molecule has 2 fully saturated rings. The van der Waals surface area contributed by atoms with E-state index in [1.165, 1.54) is 25.7 Å². The summed E-state index contributed by atoms with van der Waals surface area (Å²) >= 11 is 0. The molecule has 3 heteroatoms. The molecule has 0 aromatic rings. The van der Waals surface area contributed by atoms with Gasteiger partial charge in [-0.25, -0.2) is 0 Å². The number of carbonyl (C=O) groups excluding carboxylic acids is 1.